The van der Waals surface area contributed by atoms with Crippen LogP contribution in [-0.2, 0) is 37.0 Å². The minimum absolute atomic E-state index is 0. The van der Waals surface area contributed by atoms with E-state index >= 15 is 0 Å². The number of allylic oxidation sites excluding steroid dienone is 1. The molecule has 8 aromatic carbocycles. The van der Waals surface area contributed by atoms with E-state index in [1.807, 2.05) is 0 Å². The van der Waals surface area contributed by atoms with E-state index in [4.69, 9.17) is 0 Å². The summed E-state index contributed by atoms with van der Waals surface area (Å²) in [6.45, 7) is 16.4. The molecule has 9 rings (SSSR count). The summed E-state index contributed by atoms with van der Waals surface area (Å²) in [5.74, 6) is 0.252. The van der Waals surface area contributed by atoms with Crippen molar-refractivity contribution >= 4 is 58.3 Å². The Labute approximate surface area is 386 Å². The fraction of sp³-hybridized carbons (Fsp3) is 0.218. The van der Waals surface area contributed by atoms with E-state index in [0.717, 1.165) is 22.4 Å². The fourth-order valence-electron chi connectivity index (χ4n) is 8.76. The number of benzene rings is 7. The summed E-state index contributed by atoms with van der Waals surface area (Å²) in [7, 11) is 0.777. The summed E-state index contributed by atoms with van der Waals surface area (Å²) in [5.41, 5.74) is 11.6. The number of hydrogen-bond acceptors (Lipinski definition) is 0. The maximum atomic E-state index is 2.55. The second kappa shape index (κ2) is 19.2. The number of halogens is 2. The average Bonchev–Trinajstić information content (AvgIpc) is 3.76. The smallest absolute Gasteiger partial charge is 1.00 e. The average molecular weight is 904 g/mol. The van der Waals surface area contributed by atoms with Crippen molar-refractivity contribution in [1.82, 2.24) is 0 Å². The van der Waals surface area contributed by atoms with Gasteiger partial charge < -0.3 is 24.8 Å². The third-order valence-electron chi connectivity index (χ3n) is 11.5. The van der Waals surface area contributed by atoms with Crippen LogP contribution < -0.4 is 35.2 Å². The van der Waals surface area contributed by atoms with Crippen LogP contribution in [0.2, 0.25) is 0 Å². The Bertz CT molecular complexity index is 2650. The minimum atomic E-state index is 0. The van der Waals surface area contributed by atoms with Crippen molar-refractivity contribution in [2.45, 2.75) is 78.1 Å². The largest absolute Gasteiger partial charge is 3.00 e. The zero-order valence-electron chi connectivity index (χ0n) is 35.3. The molecular weight excluding hydrogens is 851 g/mol. The molecule has 0 heterocycles. The van der Waals surface area contributed by atoms with Gasteiger partial charge in [0, 0.05) is 5.92 Å². The van der Waals surface area contributed by atoms with Gasteiger partial charge in [0.1, 0.15) is 9.52 Å². The molecule has 0 saturated carbocycles. The molecule has 0 fully saturated rings. The Hall–Kier alpha value is -3.91. The first kappa shape index (κ1) is 46.2. The van der Waals surface area contributed by atoms with Crippen LogP contribution in [-0.4, -0.2) is 9.52 Å². The molecule has 0 nitrogen and oxygen atoms in total. The SMILES string of the molecule is CCCC1=Cc2c(-c3cccc4ccccc34)cccc2C1c1c(C(C)(C)C)ccc2c1[cH-]c1cc(C(C)(C)C)ccc12.[Cl-].[Cl-].[Zr+3].c1ccc([Si]c2ccccc2)cc1. The molecule has 0 N–H and O–H groups in total. The minimum Gasteiger partial charge on any atom is -1.00 e. The van der Waals surface area contributed by atoms with E-state index in [1.165, 1.54) is 81.6 Å². The van der Waals surface area contributed by atoms with Gasteiger partial charge in [-0.1, -0.05) is 239 Å². The molecular formula is C55H53Cl2SiZr. The van der Waals surface area contributed by atoms with Crippen LogP contribution in [0.25, 0.3) is 49.5 Å². The molecule has 1 unspecified atom stereocenters. The Morgan fingerprint density at radius 3 is 1.81 bits per heavy atom. The zero-order valence-corrected chi connectivity index (χ0v) is 40.3. The van der Waals surface area contributed by atoms with Crippen LogP contribution in [0.1, 0.15) is 95.0 Å². The Morgan fingerprint density at radius 1 is 0.576 bits per heavy atom. The Morgan fingerprint density at radius 2 is 1.17 bits per heavy atom. The molecule has 0 aromatic heterocycles. The van der Waals surface area contributed by atoms with Crippen molar-refractivity contribution in [3.8, 4) is 11.1 Å². The van der Waals surface area contributed by atoms with E-state index in [0.29, 0.717) is 0 Å². The Balaban J connectivity index is 0.000000354. The zero-order chi connectivity index (χ0) is 39.0. The molecule has 0 spiro atoms. The first-order chi connectivity index (χ1) is 27.0. The van der Waals surface area contributed by atoms with Crippen LogP contribution in [0.3, 0.4) is 0 Å². The predicted octanol–water partition coefficient (Wildman–Crippen LogP) is 7.80. The molecule has 8 aromatic rings. The molecule has 1 aliphatic rings. The van der Waals surface area contributed by atoms with Crippen LogP contribution >= 0.6 is 0 Å². The summed E-state index contributed by atoms with van der Waals surface area (Å²) >= 11 is 0. The number of hydrogen-bond donors (Lipinski definition) is 0. The van der Waals surface area contributed by atoms with Crippen molar-refractivity contribution < 1.29 is 51.0 Å². The quantitative estimate of drug-likeness (QED) is 0.118. The molecule has 0 amide bonds. The van der Waals surface area contributed by atoms with E-state index in [2.05, 4.69) is 212 Å². The molecule has 0 saturated heterocycles. The first-order valence-electron chi connectivity index (χ1n) is 20.4. The normalized spacial score (nSPS) is 13.4. The van der Waals surface area contributed by atoms with E-state index in [-0.39, 0.29) is 67.8 Å². The molecule has 1 atom stereocenters. The third kappa shape index (κ3) is 9.53. The van der Waals surface area contributed by atoms with Gasteiger partial charge in [-0.2, -0.15) is 0 Å². The second-order valence-corrected chi connectivity index (χ2v) is 18.9. The van der Waals surface area contributed by atoms with Gasteiger partial charge in [-0.05, 0) is 50.3 Å². The summed E-state index contributed by atoms with van der Waals surface area (Å²) in [5, 5.41) is 10.9. The molecule has 0 aliphatic heterocycles. The van der Waals surface area contributed by atoms with E-state index in [1.54, 1.807) is 5.57 Å². The standard InChI is InChI=1S/C43H43.C12H10Si.2ClH.Zr/c1-8-13-28-25-37-34(33-17-11-15-27-14-9-10-16-31(27)33)18-12-19-36(37)40(28)41-38-26-29-24-30(42(2,3)4)20-21-32(29)35(38)22-23-39(41)43(5,6)7;1-3-7-11(8-4-1)13-12-9-5-2-6-10-12;;;/h9-12,14-26,40H,8,13H2,1-7H3;1-10H;2*1H;/q-1;;;;+3/p-2. The Kier molecular flexibility index (Phi) is 15.0. The molecule has 4 heteroatoms. The molecule has 1 aliphatic carbocycles. The van der Waals surface area contributed by atoms with Crippen LogP contribution in [0.4, 0.5) is 0 Å². The van der Waals surface area contributed by atoms with Gasteiger partial charge in [0.15, 0.2) is 0 Å². The number of rotatable bonds is 6. The van der Waals surface area contributed by atoms with E-state index < -0.39 is 0 Å². The van der Waals surface area contributed by atoms with Crippen molar-refractivity contribution in [3.05, 3.63) is 191 Å². The van der Waals surface area contributed by atoms with Gasteiger partial charge in [0.2, 0.25) is 0 Å². The van der Waals surface area contributed by atoms with Gasteiger partial charge in [0.25, 0.3) is 0 Å². The van der Waals surface area contributed by atoms with Crippen LogP contribution in [0, 0.1) is 0 Å². The summed E-state index contributed by atoms with van der Waals surface area (Å²) in [4.78, 5) is 0. The van der Waals surface area contributed by atoms with Crippen molar-refractivity contribution in [3.63, 3.8) is 0 Å². The van der Waals surface area contributed by atoms with Gasteiger partial charge in [-0.3, -0.25) is 0 Å². The monoisotopic (exact) mass is 901 g/mol. The second-order valence-electron chi connectivity index (χ2n) is 17.5. The fourth-order valence-corrected chi connectivity index (χ4v) is 9.81. The maximum Gasteiger partial charge on any atom is 3.00 e. The van der Waals surface area contributed by atoms with Gasteiger partial charge in [0.05, 0.1) is 0 Å². The van der Waals surface area contributed by atoms with Crippen molar-refractivity contribution in [1.29, 1.82) is 0 Å². The van der Waals surface area contributed by atoms with Crippen molar-refractivity contribution in [2.75, 3.05) is 0 Å². The number of fused-ring (bicyclic) bond motifs is 5. The van der Waals surface area contributed by atoms with Gasteiger partial charge in [-0.25, -0.2) is 0 Å². The maximum absolute atomic E-state index is 2.55. The molecule has 295 valence electrons. The van der Waals surface area contributed by atoms with Crippen LogP contribution in [0.15, 0.2) is 163 Å². The molecule has 59 heavy (non-hydrogen) atoms. The third-order valence-corrected chi connectivity index (χ3v) is 12.7. The van der Waals surface area contributed by atoms with Gasteiger partial charge >= 0.3 is 26.2 Å². The topological polar surface area (TPSA) is 0 Å². The van der Waals surface area contributed by atoms with Crippen molar-refractivity contribution in [2.24, 2.45) is 0 Å². The summed E-state index contributed by atoms with van der Waals surface area (Å²) < 4.78 is 0. The van der Waals surface area contributed by atoms with E-state index in [9.17, 15) is 0 Å². The molecule has 3 radical (unpaired) electrons. The predicted molar refractivity (Wildman–Crippen MR) is 246 cm³/mol. The summed E-state index contributed by atoms with van der Waals surface area (Å²) in [6.07, 6.45) is 4.79. The van der Waals surface area contributed by atoms with Gasteiger partial charge in [-0.15, -0.1) is 33.7 Å². The first-order valence-corrected chi connectivity index (χ1v) is 21.4. The van der Waals surface area contributed by atoms with Crippen LogP contribution in [0.5, 0.6) is 0 Å². The summed E-state index contributed by atoms with van der Waals surface area (Å²) in [6, 6.07) is 58.2. The molecule has 0 bridgehead atoms.